The van der Waals surface area contributed by atoms with Gasteiger partial charge in [0.15, 0.2) is 0 Å². The molecule has 5 nitrogen and oxygen atoms in total. The Hall–Kier alpha value is -2.34. The van der Waals surface area contributed by atoms with E-state index in [1.165, 1.54) is 13.3 Å². The minimum atomic E-state index is -0.383. The summed E-state index contributed by atoms with van der Waals surface area (Å²) in [4.78, 5) is 19.0. The van der Waals surface area contributed by atoms with Crippen molar-refractivity contribution < 1.29 is 14.3 Å². The maximum Gasteiger partial charge on any atom is 0.339 e. The van der Waals surface area contributed by atoms with Crippen molar-refractivity contribution in [2.24, 2.45) is 0 Å². The van der Waals surface area contributed by atoms with Gasteiger partial charge in [0.2, 0.25) is 0 Å². The van der Waals surface area contributed by atoms with Gasteiger partial charge in [-0.2, -0.15) is 0 Å². The van der Waals surface area contributed by atoms with Gasteiger partial charge in [0.25, 0.3) is 0 Å². The fourth-order valence-electron chi connectivity index (χ4n) is 2.48. The standard InChI is InChI=1S/C17H15BrN2O3/c1-22-13-6-14(18)16-11(9-20-15(16)7-13)5-12-4-3-10(8-19-12)17(21)23-2/h3-4,6-9,20H,5H2,1-2H3. The second kappa shape index (κ2) is 6.42. The summed E-state index contributed by atoms with van der Waals surface area (Å²) in [7, 11) is 3.00. The number of nitrogens with one attached hydrogen (secondary N) is 1. The van der Waals surface area contributed by atoms with E-state index in [4.69, 9.17) is 4.74 Å². The van der Waals surface area contributed by atoms with E-state index < -0.39 is 0 Å². The molecule has 0 saturated carbocycles. The van der Waals surface area contributed by atoms with Gasteiger partial charge in [0, 0.05) is 40.4 Å². The highest BCUT2D eigenvalue weighted by atomic mass is 79.9. The monoisotopic (exact) mass is 374 g/mol. The molecule has 2 heterocycles. The first-order valence-electron chi connectivity index (χ1n) is 6.99. The van der Waals surface area contributed by atoms with Gasteiger partial charge in [-0.3, -0.25) is 4.98 Å². The number of ether oxygens (including phenoxy) is 2. The van der Waals surface area contributed by atoms with Crippen molar-refractivity contribution in [3.8, 4) is 5.75 Å². The van der Waals surface area contributed by atoms with Crippen LogP contribution in [0, 0.1) is 0 Å². The number of aromatic amines is 1. The van der Waals surface area contributed by atoms with E-state index in [1.807, 2.05) is 24.4 Å². The average molecular weight is 375 g/mol. The lowest BCUT2D eigenvalue weighted by atomic mass is 10.1. The van der Waals surface area contributed by atoms with Crippen LogP contribution in [0.1, 0.15) is 21.6 Å². The lowest BCUT2D eigenvalue weighted by Crippen LogP contribution is -2.02. The Labute approximate surface area is 141 Å². The van der Waals surface area contributed by atoms with Crippen LogP contribution in [0.3, 0.4) is 0 Å². The highest BCUT2D eigenvalue weighted by molar-refractivity contribution is 9.10. The Bertz CT molecular complexity index is 856. The van der Waals surface area contributed by atoms with Gasteiger partial charge in [-0.15, -0.1) is 0 Å². The highest BCUT2D eigenvalue weighted by Gasteiger charge is 2.11. The van der Waals surface area contributed by atoms with Crippen LogP contribution in [-0.4, -0.2) is 30.2 Å². The Kier molecular flexibility index (Phi) is 4.34. The Morgan fingerprint density at radius 2 is 2.13 bits per heavy atom. The van der Waals surface area contributed by atoms with Crippen LogP contribution in [0.2, 0.25) is 0 Å². The van der Waals surface area contributed by atoms with Crippen molar-refractivity contribution in [3.63, 3.8) is 0 Å². The zero-order valence-electron chi connectivity index (χ0n) is 12.7. The predicted octanol–water partition coefficient (Wildman–Crippen LogP) is 3.71. The fourth-order valence-corrected chi connectivity index (χ4v) is 3.17. The summed E-state index contributed by atoms with van der Waals surface area (Å²) >= 11 is 3.59. The number of rotatable bonds is 4. The molecular formula is C17H15BrN2O3. The summed E-state index contributed by atoms with van der Waals surface area (Å²) in [5, 5.41) is 1.10. The molecule has 2 aromatic heterocycles. The summed E-state index contributed by atoms with van der Waals surface area (Å²) < 4.78 is 10.9. The van der Waals surface area contributed by atoms with Crippen LogP contribution >= 0.6 is 15.9 Å². The summed E-state index contributed by atoms with van der Waals surface area (Å²) in [5.41, 5.74) is 3.44. The number of benzene rings is 1. The smallest absolute Gasteiger partial charge is 0.339 e. The number of carbonyl (C=O) groups is 1. The maximum atomic E-state index is 11.4. The minimum Gasteiger partial charge on any atom is -0.497 e. The molecule has 0 spiro atoms. The molecule has 0 amide bonds. The fraction of sp³-hybridized carbons (Fsp3) is 0.176. The van der Waals surface area contributed by atoms with Crippen LogP contribution in [0.5, 0.6) is 5.75 Å². The normalized spacial score (nSPS) is 10.7. The molecule has 118 valence electrons. The van der Waals surface area contributed by atoms with E-state index in [9.17, 15) is 4.79 Å². The minimum absolute atomic E-state index is 0.383. The van der Waals surface area contributed by atoms with Gasteiger partial charge in [-0.05, 0) is 39.7 Å². The molecule has 0 saturated heterocycles. The zero-order valence-corrected chi connectivity index (χ0v) is 14.3. The van der Waals surface area contributed by atoms with Crippen molar-refractivity contribution >= 4 is 32.8 Å². The van der Waals surface area contributed by atoms with Gasteiger partial charge in [0.05, 0.1) is 25.3 Å². The first kappa shape index (κ1) is 15.6. The van der Waals surface area contributed by atoms with Gasteiger partial charge < -0.3 is 14.5 Å². The molecule has 1 aromatic carbocycles. The Morgan fingerprint density at radius 3 is 2.78 bits per heavy atom. The molecule has 0 aliphatic rings. The van der Waals surface area contributed by atoms with Gasteiger partial charge >= 0.3 is 5.97 Å². The lowest BCUT2D eigenvalue weighted by Gasteiger charge is -2.05. The molecule has 23 heavy (non-hydrogen) atoms. The van der Waals surface area contributed by atoms with Crippen LogP contribution in [0.25, 0.3) is 10.9 Å². The molecule has 6 heteroatoms. The summed E-state index contributed by atoms with van der Waals surface area (Å²) in [6.07, 6.45) is 4.16. The molecule has 0 atom stereocenters. The van der Waals surface area contributed by atoms with Crippen molar-refractivity contribution in [2.75, 3.05) is 14.2 Å². The third-order valence-corrected chi connectivity index (χ3v) is 4.27. The molecule has 0 aliphatic carbocycles. The lowest BCUT2D eigenvalue weighted by molar-refractivity contribution is 0.0600. The van der Waals surface area contributed by atoms with Crippen LogP contribution in [0.4, 0.5) is 0 Å². The number of pyridine rings is 1. The maximum absolute atomic E-state index is 11.4. The number of nitrogens with zero attached hydrogens (tertiary/aromatic N) is 1. The van der Waals surface area contributed by atoms with E-state index in [0.29, 0.717) is 12.0 Å². The number of aromatic nitrogens is 2. The molecule has 0 aliphatic heterocycles. The SMILES string of the molecule is COC(=O)c1ccc(Cc2c[nH]c3cc(OC)cc(Br)c23)nc1. The average Bonchev–Trinajstić information content (AvgIpc) is 2.98. The largest absolute Gasteiger partial charge is 0.497 e. The van der Waals surface area contributed by atoms with E-state index >= 15 is 0 Å². The van der Waals surface area contributed by atoms with E-state index in [2.05, 4.69) is 30.6 Å². The second-order valence-electron chi connectivity index (χ2n) is 5.05. The summed E-state index contributed by atoms with van der Waals surface area (Å²) in [6, 6.07) is 7.45. The van der Waals surface area contributed by atoms with Gasteiger partial charge in [-0.1, -0.05) is 0 Å². The molecule has 0 bridgehead atoms. The molecular weight excluding hydrogens is 360 g/mol. The number of halogens is 1. The van der Waals surface area contributed by atoms with Gasteiger partial charge in [0.1, 0.15) is 5.75 Å². The van der Waals surface area contributed by atoms with Crippen molar-refractivity contribution in [1.82, 2.24) is 9.97 Å². The third-order valence-electron chi connectivity index (χ3n) is 3.64. The Balaban J connectivity index is 1.91. The first-order chi connectivity index (χ1) is 11.1. The predicted molar refractivity (Wildman–Crippen MR) is 90.9 cm³/mol. The number of hydrogen-bond acceptors (Lipinski definition) is 4. The molecule has 0 unspecified atom stereocenters. The quantitative estimate of drug-likeness (QED) is 0.707. The van der Waals surface area contributed by atoms with E-state index in [1.54, 1.807) is 13.2 Å². The molecule has 0 fully saturated rings. The number of hydrogen-bond donors (Lipinski definition) is 1. The summed E-state index contributed by atoms with van der Waals surface area (Å²) in [5.74, 6) is 0.407. The number of methoxy groups -OCH3 is 2. The van der Waals surface area contributed by atoms with Crippen LogP contribution in [-0.2, 0) is 11.2 Å². The highest BCUT2D eigenvalue weighted by Crippen LogP contribution is 2.32. The molecule has 3 rings (SSSR count). The van der Waals surface area contributed by atoms with Crippen LogP contribution in [0.15, 0.2) is 41.1 Å². The molecule has 1 N–H and O–H groups in total. The van der Waals surface area contributed by atoms with Crippen LogP contribution < -0.4 is 4.74 Å². The number of H-pyrrole nitrogens is 1. The first-order valence-corrected chi connectivity index (χ1v) is 7.78. The number of carbonyl (C=O) groups excluding carboxylic acids is 1. The Morgan fingerprint density at radius 1 is 1.30 bits per heavy atom. The molecule has 0 radical (unpaired) electrons. The van der Waals surface area contributed by atoms with E-state index in [0.717, 1.165) is 32.4 Å². The van der Waals surface area contributed by atoms with Crippen molar-refractivity contribution in [2.45, 2.75) is 6.42 Å². The van der Waals surface area contributed by atoms with Gasteiger partial charge in [-0.25, -0.2) is 4.79 Å². The number of esters is 1. The topological polar surface area (TPSA) is 64.2 Å². The zero-order chi connectivity index (χ0) is 16.4. The van der Waals surface area contributed by atoms with Crippen molar-refractivity contribution in [3.05, 3.63) is 58.0 Å². The van der Waals surface area contributed by atoms with E-state index in [-0.39, 0.29) is 5.97 Å². The van der Waals surface area contributed by atoms with Crippen molar-refractivity contribution in [1.29, 1.82) is 0 Å². The summed E-state index contributed by atoms with van der Waals surface area (Å²) in [6.45, 7) is 0. The third kappa shape index (κ3) is 3.07. The molecule has 3 aromatic rings. The number of fused-ring (bicyclic) bond motifs is 1. The second-order valence-corrected chi connectivity index (χ2v) is 5.91.